The first-order valence-corrected chi connectivity index (χ1v) is 9.41. The van der Waals surface area contributed by atoms with Gasteiger partial charge in [0, 0.05) is 20.1 Å². The molecule has 2 aromatic rings. The van der Waals surface area contributed by atoms with Crippen LogP contribution in [0.1, 0.15) is 24.8 Å². The van der Waals surface area contributed by atoms with Crippen molar-refractivity contribution in [1.82, 2.24) is 19.7 Å². The van der Waals surface area contributed by atoms with Gasteiger partial charge in [-0.1, -0.05) is 37.3 Å². The number of carbonyl (C=O) groups excluding carboxylic acids is 1. The van der Waals surface area contributed by atoms with Crippen LogP contribution in [0.25, 0.3) is 0 Å². The Labute approximate surface area is 141 Å². The van der Waals surface area contributed by atoms with Crippen molar-refractivity contribution < 1.29 is 13.2 Å². The second-order valence-corrected chi connectivity index (χ2v) is 8.13. The van der Waals surface area contributed by atoms with Gasteiger partial charge in [-0.05, 0) is 12.0 Å². The number of likely N-dealkylation sites (tertiary alicyclic amines) is 1. The predicted octanol–water partition coefficient (Wildman–Crippen LogP) is 0.993. The Bertz CT molecular complexity index is 826. The first-order chi connectivity index (χ1) is 11.4. The molecule has 0 spiro atoms. The van der Waals surface area contributed by atoms with Gasteiger partial charge in [-0.15, -0.1) is 10.2 Å². The quantitative estimate of drug-likeness (QED) is 0.804. The van der Waals surface area contributed by atoms with Gasteiger partial charge in [0.05, 0.1) is 5.92 Å². The maximum Gasteiger partial charge on any atom is 0.249 e. The van der Waals surface area contributed by atoms with E-state index in [2.05, 4.69) is 10.2 Å². The number of sulfone groups is 1. The Morgan fingerprint density at radius 2 is 1.96 bits per heavy atom. The van der Waals surface area contributed by atoms with Crippen LogP contribution in [0.3, 0.4) is 0 Å². The molecule has 128 valence electrons. The highest BCUT2D eigenvalue weighted by Crippen LogP contribution is 2.28. The molecule has 1 unspecified atom stereocenters. The van der Waals surface area contributed by atoms with Gasteiger partial charge in [-0.25, -0.2) is 8.42 Å². The highest BCUT2D eigenvalue weighted by Gasteiger charge is 2.43. The summed E-state index contributed by atoms with van der Waals surface area (Å²) in [6.45, 7) is 2.37. The molecule has 1 saturated heterocycles. The van der Waals surface area contributed by atoms with Crippen LogP contribution >= 0.6 is 0 Å². The van der Waals surface area contributed by atoms with Crippen molar-refractivity contribution in [2.24, 2.45) is 7.05 Å². The first-order valence-electron chi connectivity index (χ1n) is 7.86. The van der Waals surface area contributed by atoms with Crippen molar-refractivity contribution in [3.63, 3.8) is 0 Å². The number of amides is 1. The highest BCUT2D eigenvalue weighted by atomic mass is 32.2. The summed E-state index contributed by atoms with van der Waals surface area (Å²) in [7, 11) is -1.96. The monoisotopic (exact) mass is 348 g/mol. The number of benzene rings is 1. The molecule has 1 fully saturated rings. The van der Waals surface area contributed by atoms with Gasteiger partial charge in [0.1, 0.15) is 11.6 Å². The normalized spacial score (nSPS) is 16.7. The van der Waals surface area contributed by atoms with Crippen LogP contribution in [0.15, 0.2) is 41.8 Å². The molecule has 0 bridgehead atoms. The SMILES string of the molecule is CCC(C(=O)N1CC(S(=O)(=O)c2nncn2C)C1)c1ccccc1. The van der Waals surface area contributed by atoms with Crippen LogP contribution < -0.4 is 0 Å². The molecule has 3 rings (SSSR count). The van der Waals surface area contributed by atoms with Gasteiger partial charge in [0.25, 0.3) is 0 Å². The zero-order chi connectivity index (χ0) is 17.3. The molecule has 0 aliphatic carbocycles. The fraction of sp³-hybridized carbons (Fsp3) is 0.438. The number of aryl methyl sites for hydroxylation is 1. The molecule has 1 aromatic carbocycles. The van der Waals surface area contributed by atoms with E-state index in [9.17, 15) is 13.2 Å². The van der Waals surface area contributed by atoms with E-state index in [4.69, 9.17) is 0 Å². The summed E-state index contributed by atoms with van der Waals surface area (Å²) in [5.74, 6) is -0.252. The predicted molar refractivity (Wildman–Crippen MR) is 88.0 cm³/mol. The number of hydrogen-bond acceptors (Lipinski definition) is 5. The Morgan fingerprint density at radius 3 is 2.50 bits per heavy atom. The topological polar surface area (TPSA) is 85.2 Å². The maximum absolute atomic E-state index is 12.7. The molecule has 1 atom stereocenters. The molecule has 1 aliphatic rings. The number of nitrogens with zero attached hydrogens (tertiary/aromatic N) is 4. The molecular weight excluding hydrogens is 328 g/mol. The van der Waals surface area contributed by atoms with E-state index in [1.54, 1.807) is 11.9 Å². The molecule has 7 nitrogen and oxygen atoms in total. The van der Waals surface area contributed by atoms with E-state index in [1.165, 1.54) is 10.9 Å². The Hall–Kier alpha value is -2.22. The van der Waals surface area contributed by atoms with Crippen LogP contribution in [-0.2, 0) is 21.7 Å². The summed E-state index contributed by atoms with van der Waals surface area (Å²) in [6.07, 6.45) is 2.04. The van der Waals surface area contributed by atoms with Gasteiger partial charge in [0.2, 0.25) is 20.9 Å². The molecule has 0 N–H and O–H groups in total. The standard InChI is InChI=1S/C16H20N4O3S/c1-3-14(12-7-5-4-6-8-12)15(21)20-9-13(10-20)24(22,23)16-18-17-11-19(16)2/h4-8,11,13-14H,3,9-10H2,1-2H3. The zero-order valence-corrected chi connectivity index (χ0v) is 14.5. The van der Waals surface area contributed by atoms with Crippen LogP contribution in [0, 0.1) is 0 Å². The minimum Gasteiger partial charge on any atom is -0.339 e. The molecule has 0 radical (unpaired) electrons. The van der Waals surface area contributed by atoms with E-state index >= 15 is 0 Å². The molecule has 0 saturated carbocycles. The first kappa shape index (κ1) is 16.6. The smallest absolute Gasteiger partial charge is 0.249 e. The summed E-state index contributed by atoms with van der Waals surface area (Å²) in [6, 6.07) is 9.58. The van der Waals surface area contributed by atoms with Crippen LogP contribution in [0.2, 0.25) is 0 Å². The third kappa shape index (κ3) is 2.82. The van der Waals surface area contributed by atoms with Crippen molar-refractivity contribution in [3.05, 3.63) is 42.2 Å². The number of aromatic nitrogens is 3. The van der Waals surface area contributed by atoms with Gasteiger partial charge >= 0.3 is 0 Å². The lowest BCUT2D eigenvalue weighted by Gasteiger charge is -2.40. The highest BCUT2D eigenvalue weighted by molar-refractivity contribution is 7.92. The number of carbonyl (C=O) groups is 1. The van der Waals surface area contributed by atoms with E-state index in [0.29, 0.717) is 6.42 Å². The summed E-state index contributed by atoms with van der Waals surface area (Å²) < 4.78 is 26.4. The third-order valence-corrected chi connectivity index (χ3v) is 6.49. The number of rotatable bonds is 5. The van der Waals surface area contributed by atoms with Gasteiger partial charge in [0.15, 0.2) is 0 Å². The van der Waals surface area contributed by atoms with Crippen LogP contribution in [0.4, 0.5) is 0 Å². The van der Waals surface area contributed by atoms with Crippen molar-refractivity contribution in [2.75, 3.05) is 13.1 Å². The van der Waals surface area contributed by atoms with Crippen molar-refractivity contribution in [3.8, 4) is 0 Å². The van der Waals surface area contributed by atoms with Gasteiger partial charge in [-0.3, -0.25) is 4.79 Å². The summed E-state index contributed by atoms with van der Waals surface area (Å²) >= 11 is 0. The van der Waals surface area contributed by atoms with E-state index in [-0.39, 0.29) is 30.1 Å². The Morgan fingerprint density at radius 1 is 1.29 bits per heavy atom. The Kier molecular flexibility index (Phi) is 4.40. The summed E-state index contributed by atoms with van der Waals surface area (Å²) in [4.78, 5) is 14.3. The summed E-state index contributed by atoms with van der Waals surface area (Å²) in [5.41, 5.74) is 0.963. The molecular formula is C16H20N4O3S. The lowest BCUT2D eigenvalue weighted by Crippen LogP contribution is -2.58. The second kappa shape index (κ2) is 6.35. The average Bonchev–Trinajstić information content (AvgIpc) is 2.94. The van der Waals surface area contributed by atoms with Crippen molar-refractivity contribution >= 4 is 15.7 Å². The minimum atomic E-state index is -3.56. The van der Waals surface area contributed by atoms with Gasteiger partial charge < -0.3 is 9.47 Å². The molecule has 24 heavy (non-hydrogen) atoms. The molecule has 2 heterocycles. The average molecular weight is 348 g/mol. The Balaban J connectivity index is 1.70. The fourth-order valence-electron chi connectivity index (χ4n) is 2.95. The fourth-order valence-corrected chi connectivity index (χ4v) is 4.61. The largest absolute Gasteiger partial charge is 0.339 e. The second-order valence-electron chi connectivity index (χ2n) is 6.01. The maximum atomic E-state index is 12.7. The molecule has 1 aliphatic heterocycles. The molecule has 1 amide bonds. The molecule has 8 heteroatoms. The van der Waals surface area contributed by atoms with E-state index in [0.717, 1.165) is 5.56 Å². The third-order valence-electron chi connectivity index (χ3n) is 4.43. The minimum absolute atomic E-state index is 0.0203. The van der Waals surface area contributed by atoms with Crippen molar-refractivity contribution in [1.29, 1.82) is 0 Å². The van der Waals surface area contributed by atoms with Crippen LogP contribution in [-0.4, -0.2) is 52.3 Å². The van der Waals surface area contributed by atoms with Crippen LogP contribution in [0.5, 0.6) is 0 Å². The zero-order valence-electron chi connectivity index (χ0n) is 13.7. The number of hydrogen-bond donors (Lipinski definition) is 0. The van der Waals surface area contributed by atoms with Crippen molar-refractivity contribution in [2.45, 2.75) is 29.7 Å². The van der Waals surface area contributed by atoms with E-state index < -0.39 is 15.1 Å². The molecule has 1 aromatic heterocycles. The van der Waals surface area contributed by atoms with Gasteiger partial charge in [-0.2, -0.15) is 0 Å². The van der Waals surface area contributed by atoms with E-state index in [1.807, 2.05) is 37.3 Å². The lowest BCUT2D eigenvalue weighted by atomic mass is 9.94. The summed E-state index contributed by atoms with van der Waals surface area (Å²) in [5, 5.41) is 6.64. The lowest BCUT2D eigenvalue weighted by molar-refractivity contribution is -0.136.